The van der Waals surface area contributed by atoms with Gasteiger partial charge in [0.05, 0.1) is 6.04 Å². The third-order valence-corrected chi connectivity index (χ3v) is 5.49. The summed E-state index contributed by atoms with van der Waals surface area (Å²) in [5, 5.41) is 17.6. The van der Waals surface area contributed by atoms with Gasteiger partial charge in [-0.15, -0.1) is 0 Å². The van der Waals surface area contributed by atoms with Gasteiger partial charge < -0.3 is 10.0 Å². The molecule has 1 aromatic heterocycles. The van der Waals surface area contributed by atoms with Gasteiger partial charge in [0.25, 0.3) is 5.91 Å². The first-order chi connectivity index (χ1) is 13.1. The highest BCUT2D eigenvalue weighted by molar-refractivity contribution is 9.10. The van der Waals surface area contributed by atoms with Gasteiger partial charge in [0.2, 0.25) is 0 Å². The second-order valence-electron chi connectivity index (χ2n) is 6.68. The molecule has 2 aromatic carbocycles. The van der Waals surface area contributed by atoms with Crippen LogP contribution in [0.1, 0.15) is 47.4 Å². The van der Waals surface area contributed by atoms with Gasteiger partial charge in [-0.3, -0.25) is 9.89 Å². The summed E-state index contributed by atoms with van der Waals surface area (Å²) in [6.07, 6.45) is 1.94. The van der Waals surface area contributed by atoms with Gasteiger partial charge in [-0.05, 0) is 36.2 Å². The summed E-state index contributed by atoms with van der Waals surface area (Å²) in [6, 6.07) is 14.9. The molecule has 138 valence electrons. The van der Waals surface area contributed by atoms with Crippen molar-refractivity contribution in [2.45, 2.75) is 25.8 Å². The molecule has 5 nitrogen and oxygen atoms in total. The van der Waals surface area contributed by atoms with Gasteiger partial charge in [-0.25, -0.2) is 0 Å². The number of fused-ring (bicyclic) bond motifs is 1. The zero-order valence-electron chi connectivity index (χ0n) is 14.9. The number of para-hydroxylation sites is 1. The standard InChI is InChI=1S/C21H20BrN3O2/c1-2-3-12-25-20(13-8-10-14(22)11-9-13)17-18(23-24-19(17)21(25)27)15-6-4-5-7-16(15)26/h4-11,20,26H,2-3,12H2,1H3,(H,23,24)/t20-/m0/s1. The lowest BCUT2D eigenvalue weighted by Gasteiger charge is -2.26. The largest absolute Gasteiger partial charge is 0.507 e. The van der Waals surface area contributed by atoms with Crippen molar-refractivity contribution in [1.29, 1.82) is 0 Å². The van der Waals surface area contributed by atoms with Crippen molar-refractivity contribution in [1.82, 2.24) is 15.1 Å². The van der Waals surface area contributed by atoms with E-state index in [9.17, 15) is 9.90 Å². The number of hydrogen-bond donors (Lipinski definition) is 2. The maximum Gasteiger partial charge on any atom is 0.273 e. The van der Waals surface area contributed by atoms with Crippen molar-refractivity contribution in [2.24, 2.45) is 0 Å². The Morgan fingerprint density at radius 2 is 1.93 bits per heavy atom. The maximum atomic E-state index is 13.1. The number of nitrogens with one attached hydrogen (secondary N) is 1. The Kier molecular flexibility index (Phi) is 4.74. The molecule has 0 saturated heterocycles. The summed E-state index contributed by atoms with van der Waals surface area (Å²) in [5.74, 6) is 0.112. The molecule has 6 heteroatoms. The maximum absolute atomic E-state index is 13.1. The van der Waals surface area contributed by atoms with Crippen LogP contribution in [0.4, 0.5) is 0 Å². The molecular weight excluding hydrogens is 406 g/mol. The van der Waals surface area contributed by atoms with Gasteiger partial charge in [0, 0.05) is 22.1 Å². The molecule has 0 fully saturated rings. The van der Waals surface area contributed by atoms with E-state index < -0.39 is 0 Å². The number of phenolic OH excluding ortho intramolecular Hbond substituents is 1. The molecule has 0 aliphatic carbocycles. The third-order valence-electron chi connectivity index (χ3n) is 4.96. The van der Waals surface area contributed by atoms with Gasteiger partial charge in [0.15, 0.2) is 0 Å². The molecule has 0 spiro atoms. The summed E-state index contributed by atoms with van der Waals surface area (Å²) in [5.41, 5.74) is 3.63. The van der Waals surface area contributed by atoms with Crippen LogP contribution in [0, 0.1) is 0 Å². The molecular formula is C21H20BrN3O2. The topological polar surface area (TPSA) is 69.2 Å². The normalized spacial score (nSPS) is 16.0. The van der Waals surface area contributed by atoms with Crippen LogP contribution < -0.4 is 0 Å². The first kappa shape index (κ1) is 17.8. The predicted octanol–water partition coefficient (Wildman–Crippen LogP) is 4.89. The number of benzene rings is 2. The van der Waals surface area contributed by atoms with Crippen LogP contribution in [0.2, 0.25) is 0 Å². The average Bonchev–Trinajstić information content (AvgIpc) is 3.21. The quantitative estimate of drug-likeness (QED) is 0.611. The fourth-order valence-corrected chi connectivity index (χ4v) is 3.89. The number of carbonyl (C=O) groups excluding carboxylic acids is 1. The minimum Gasteiger partial charge on any atom is -0.507 e. The van der Waals surface area contributed by atoms with E-state index >= 15 is 0 Å². The first-order valence-electron chi connectivity index (χ1n) is 9.05. The van der Waals surface area contributed by atoms with E-state index in [0.717, 1.165) is 28.4 Å². The van der Waals surface area contributed by atoms with E-state index in [1.165, 1.54) is 0 Å². The third kappa shape index (κ3) is 3.04. The fraction of sp³-hybridized carbons (Fsp3) is 0.238. The second kappa shape index (κ2) is 7.19. The van der Waals surface area contributed by atoms with Gasteiger partial charge in [-0.1, -0.05) is 53.5 Å². The molecule has 1 aliphatic rings. The van der Waals surface area contributed by atoms with E-state index in [0.29, 0.717) is 23.5 Å². The number of aromatic hydroxyl groups is 1. The lowest BCUT2D eigenvalue weighted by Crippen LogP contribution is -2.30. The van der Waals surface area contributed by atoms with E-state index in [-0.39, 0.29) is 17.7 Å². The highest BCUT2D eigenvalue weighted by Crippen LogP contribution is 2.44. The highest BCUT2D eigenvalue weighted by atomic mass is 79.9. The van der Waals surface area contributed by atoms with Crippen molar-refractivity contribution in [3.63, 3.8) is 0 Å². The van der Waals surface area contributed by atoms with Crippen LogP contribution in [0.15, 0.2) is 53.0 Å². The minimum absolute atomic E-state index is 0.0412. The summed E-state index contributed by atoms with van der Waals surface area (Å²) in [4.78, 5) is 15.0. The van der Waals surface area contributed by atoms with Crippen LogP contribution in [-0.2, 0) is 0 Å². The van der Waals surface area contributed by atoms with Gasteiger partial charge in [-0.2, -0.15) is 5.10 Å². The lowest BCUT2D eigenvalue weighted by molar-refractivity contribution is 0.0741. The van der Waals surface area contributed by atoms with Crippen molar-refractivity contribution in [3.05, 3.63) is 69.8 Å². The Balaban J connectivity index is 1.88. The number of aromatic amines is 1. The summed E-state index contributed by atoms with van der Waals surface area (Å²) >= 11 is 3.48. The predicted molar refractivity (Wildman–Crippen MR) is 108 cm³/mol. The smallest absolute Gasteiger partial charge is 0.273 e. The zero-order chi connectivity index (χ0) is 19.0. The molecule has 0 unspecified atom stereocenters. The number of rotatable bonds is 5. The number of unbranched alkanes of at least 4 members (excludes halogenated alkanes) is 1. The lowest BCUT2D eigenvalue weighted by atomic mass is 9.95. The molecule has 3 aromatic rings. The summed E-state index contributed by atoms with van der Waals surface area (Å²) < 4.78 is 0.990. The number of halogens is 1. The number of phenols is 1. The number of carbonyl (C=O) groups is 1. The molecule has 1 amide bonds. The molecule has 27 heavy (non-hydrogen) atoms. The van der Waals surface area contributed by atoms with Crippen molar-refractivity contribution in [3.8, 4) is 17.0 Å². The SMILES string of the molecule is CCCCN1C(=O)c2[nH]nc(-c3ccccc3O)c2[C@@H]1c1ccc(Br)cc1. The van der Waals surface area contributed by atoms with E-state index in [1.54, 1.807) is 12.1 Å². The van der Waals surface area contributed by atoms with Crippen LogP contribution in [0.5, 0.6) is 5.75 Å². The molecule has 2 N–H and O–H groups in total. The molecule has 2 heterocycles. The van der Waals surface area contributed by atoms with Crippen molar-refractivity contribution in [2.75, 3.05) is 6.54 Å². The van der Waals surface area contributed by atoms with Crippen molar-refractivity contribution >= 4 is 21.8 Å². The molecule has 0 radical (unpaired) electrons. The Hall–Kier alpha value is -2.60. The number of H-pyrrole nitrogens is 1. The van der Waals surface area contributed by atoms with Gasteiger partial charge in [0.1, 0.15) is 17.1 Å². The Morgan fingerprint density at radius 1 is 1.19 bits per heavy atom. The minimum atomic E-state index is -0.222. The fourth-order valence-electron chi connectivity index (χ4n) is 3.63. The number of amides is 1. The second-order valence-corrected chi connectivity index (χ2v) is 7.60. The van der Waals surface area contributed by atoms with Crippen LogP contribution in [0.25, 0.3) is 11.3 Å². The summed E-state index contributed by atoms with van der Waals surface area (Å²) in [7, 11) is 0. The molecule has 4 rings (SSSR count). The number of aromatic nitrogens is 2. The molecule has 1 atom stereocenters. The van der Waals surface area contributed by atoms with Crippen LogP contribution in [0.3, 0.4) is 0 Å². The molecule has 0 saturated carbocycles. The Bertz CT molecular complexity index is 981. The molecule has 1 aliphatic heterocycles. The highest BCUT2D eigenvalue weighted by Gasteiger charge is 2.42. The Labute approximate surface area is 166 Å². The monoisotopic (exact) mass is 425 g/mol. The summed E-state index contributed by atoms with van der Waals surface area (Å²) in [6.45, 7) is 2.79. The van der Waals surface area contributed by atoms with Crippen molar-refractivity contribution < 1.29 is 9.90 Å². The van der Waals surface area contributed by atoms with E-state index in [4.69, 9.17) is 0 Å². The zero-order valence-corrected chi connectivity index (χ0v) is 16.5. The molecule has 0 bridgehead atoms. The number of nitrogens with zero attached hydrogens (tertiary/aromatic N) is 2. The van der Waals surface area contributed by atoms with Crippen LogP contribution >= 0.6 is 15.9 Å². The first-order valence-corrected chi connectivity index (χ1v) is 9.84. The number of hydrogen-bond acceptors (Lipinski definition) is 3. The van der Waals surface area contributed by atoms with E-state index in [1.807, 2.05) is 41.3 Å². The van der Waals surface area contributed by atoms with Gasteiger partial charge >= 0.3 is 0 Å². The van der Waals surface area contributed by atoms with Crippen LogP contribution in [-0.4, -0.2) is 32.7 Å². The average molecular weight is 426 g/mol. The van der Waals surface area contributed by atoms with E-state index in [2.05, 4.69) is 33.1 Å². The Morgan fingerprint density at radius 3 is 2.63 bits per heavy atom.